The lowest BCUT2D eigenvalue weighted by molar-refractivity contribution is -0.137. The lowest BCUT2D eigenvalue weighted by Crippen LogP contribution is -2.26. The maximum Gasteiger partial charge on any atom is 0.303 e. The Morgan fingerprint density at radius 1 is 1.40 bits per heavy atom. The summed E-state index contributed by atoms with van der Waals surface area (Å²) >= 11 is 0. The van der Waals surface area contributed by atoms with Crippen LogP contribution in [0.15, 0.2) is 18.3 Å². The van der Waals surface area contributed by atoms with Crippen LogP contribution < -0.4 is 10.1 Å². The zero-order valence-electron chi connectivity index (χ0n) is 11.8. The highest BCUT2D eigenvalue weighted by atomic mass is 16.5. The van der Waals surface area contributed by atoms with Crippen molar-refractivity contribution in [1.29, 1.82) is 0 Å². The number of carboxylic acid groups (broad SMARTS) is 1. The summed E-state index contributed by atoms with van der Waals surface area (Å²) in [6.45, 7) is 4.17. The molecule has 1 aromatic heterocycles. The number of pyridine rings is 1. The third-order valence-electron chi connectivity index (χ3n) is 2.45. The van der Waals surface area contributed by atoms with Crippen LogP contribution in [0.4, 0.5) is 0 Å². The molecular weight excluding hydrogens is 260 g/mol. The Hall–Kier alpha value is -2.11. The predicted octanol–water partition coefficient (Wildman–Crippen LogP) is 1.85. The summed E-state index contributed by atoms with van der Waals surface area (Å²) in [7, 11) is 0. The summed E-state index contributed by atoms with van der Waals surface area (Å²) in [6, 6.07) is 3.41. The SMILES string of the molecule is CC(C)Oc1cccnc1C(=O)NCCCCC(=O)O. The van der Waals surface area contributed by atoms with Gasteiger partial charge in [0.05, 0.1) is 6.10 Å². The number of nitrogens with one attached hydrogen (secondary N) is 1. The smallest absolute Gasteiger partial charge is 0.303 e. The second-order valence-corrected chi connectivity index (χ2v) is 4.62. The first-order valence-electron chi connectivity index (χ1n) is 6.62. The Kier molecular flexibility index (Phi) is 6.49. The van der Waals surface area contributed by atoms with Gasteiger partial charge in [-0.3, -0.25) is 9.59 Å². The average molecular weight is 280 g/mol. The molecule has 0 spiro atoms. The molecule has 0 fully saturated rings. The Labute approximate surface area is 118 Å². The van der Waals surface area contributed by atoms with Crippen molar-refractivity contribution in [3.05, 3.63) is 24.0 Å². The van der Waals surface area contributed by atoms with Crippen LogP contribution in [0.2, 0.25) is 0 Å². The van der Waals surface area contributed by atoms with E-state index in [1.54, 1.807) is 12.1 Å². The maximum absolute atomic E-state index is 12.0. The van der Waals surface area contributed by atoms with E-state index in [-0.39, 0.29) is 24.1 Å². The molecule has 6 nitrogen and oxygen atoms in total. The lowest BCUT2D eigenvalue weighted by atomic mass is 10.2. The monoisotopic (exact) mass is 280 g/mol. The van der Waals surface area contributed by atoms with E-state index in [0.29, 0.717) is 25.1 Å². The largest absolute Gasteiger partial charge is 0.489 e. The van der Waals surface area contributed by atoms with Crippen molar-refractivity contribution in [2.75, 3.05) is 6.54 Å². The van der Waals surface area contributed by atoms with Gasteiger partial charge in [0.2, 0.25) is 0 Å². The van der Waals surface area contributed by atoms with Gasteiger partial charge in [0.1, 0.15) is 0 Å². The van der Waals surface area contributed by atoms with Crippen molar-refractivity contribution in [1.82, 2.24) is 10.3 Å². The third kappa shape index (κ3) is 5.69. The summed E-state index contributed by atoms with van der Waals surface area (Å²) in [6.07, 6.45) is 2.76. The molecule has 0 aromatic carbocycles. The number of unbranched alkanes of at least 4 members (excludes halogenated alkanes) is 1. The number of carbonyl (C=O) groups is 2. The van der Waals surface area contributed by atoms with Crippen LogP contribution in [-0.2, 0) is 4.79 Å². The summed E-state index contributed by atoms with van der Waals surface area (Å²) in [5.74, 6) is -0.684. The number of amides is 1. The third-order valence-corrected chi connectivity index (χ3v) is 2.45. The number of aliphatic carboxylic acids is 1. The molecule has 1 heterocycles. The number of hydrogen-bond donors (Lipinski definition) is 2. The van der Waals surface area contributed by atoms with Crippen LogP contribution in [0.3, 0.4) is 0 Å². The first kappa shape index (κ1) is 15.9. The molecule has 0 bridgehead atoms. The van der Waals surface area contributed by atoms with Crippen LogP contribution in [0.5, 0.6) is 5.75 Å². The van der Waals surface area contributed by atoms with E-state index < -0.39 is 5.97 Å². The lowest BCUT2D eigenvalue weighted by Gasteiger charge is -2.13. The zero-order chi connectivity index (χ0) is 15.0. The van der Waals surface area contributed by atoms with Crippen molar-refractivity contribution < 1.29 is 19.4 Å². The zero-order valence-corrected chi connectivity index (χ0v) is 11.8. The Bertz CT molecular complexity index is 460. The summed E-state index contributed by atoms with van der Waals surface area (Å²) in [5, 5.41) is 11.2. The van der Waals surface area contributed by atoms with E-state index >= 15 is 0 Å². The van der Waals surface area contributed by atoms with Gasteiger partial charge in [-0.05, 0) is 38.8 Å². The maximum atomic E-state index is 12.0. The topological polar surface area (TPSA) is 88.5 Å². The van der Waals surface area contributed by atoms with Gasteiger partial charge in [-0.15, -0.1) is 0 Å². The molecule has 0 aliphatic carbocycles. The number of nitrogens with zero attached hydrogens (tertiary/aromatic N) is 1. The highest BCUT2D eigenvalue weighted by molar-refractivity contribution is 5.94. The fourth-order valence-electron chi connectivity index (χ4n) is 1.60. The van der Waals surface area contributed by atoms with Crippen LogP contribution in [0, 0.1) is 0 Å². The van der Waals surface area contributed by atoms with Gasteiger partial charge >= 0.3 is 5.97 Å². The van der Waals surface area contributed by atoms with Gasteiger partial charge in [0.25, 0.3) is 5.91 Å². The van der Waals surface area contributed by atoms with E-state index in [1.165, 1.54) is 6.20 Å². The molecule has 0 aliphatic heterocycles. The quantitative estimate of drug-likeness (QED) is 0.709. The Morgan fingerprint density at radius 2 is 2.15 bits per heavy atom. The molecule has 0 aliphatic rings. The fraction of sp³-hybridized carbons (Fsp3) is 0.500. The number of rotatable bonds is 8. The predicted molar refractivity (Wildman–Crippen MR) is 73.8 cm³/mol. The fourth-order valence-corrected chi connectivity index (χ4v) is 1.60. The molecule has 1 aromatic rings. The molecule has 0 saturated heterocycles. The minimum atomic E-state index is -0.825. The van der Waals surface area contributed by atoms with Crippen molar-refractivity contribution in [2.24, 2.45) is 0 Å². The van der Waals surface area contributed by atoms with E-state index in [1.807, 2.05) is 13.8 Å². The van der Waals surface area contributed by atoms with Crippen LogP contribution in [-0.4, -0.2) is 34.6 Å². The standard InChI is InChI=1S/C14H20N2O4/c1-10(2)20-11-6-5-9-15-13(11)14(19)16-8-4-3-7-12(17)18/h5-6,9-10H,3-4,7-8H2,1-2H3,(H,16,19)(H,17,18). The summed E-state index contributed by atoms with van der Waals surface area (Å²) < 4.78 is 5.52. The van der Waals surface area contributed by atoms with Crippen molar-refractivity contribution in [3.63, 3.8) is 0 Å². The van der Waals surface area contributed by atoms with Crippen molar-refractivity contribution >= 4 is 11.9 Å². The highest BCUT2D eigenvalue weighted by Gasteiger charge is 2.14. The molecule has 0 saturated carbocycles. The Morgan fingerprint density at radius 3 is 2.80 bits per heavy atom. The molecule has 0 unspecified atom stereocenters. The second kappa shape index (κ2) is 8.14. The number of carbonyl (C=O) groups excluding carboxylic acids is 1. The van der Waals surface area contributed by atoms with Gasteiger partial charge in [-0.1, -0.05) is 0 Å². The van der Waals surface area contributed by atoms with E-state index in [2.05, 4.69) is 10.3 Å². The Balaban J connectivity index is 2.48. The van der Waals surface area contributed by atoms with Gasteiger partial charge in [0.15, 0.2) is 11.4 Å². The summed E-state index contributed by atoms with van der Waals surface area (Å²) in [5.41, 5.74) is 0.249. The number of carboxylic acids is 1. The normalized spacial score (nSPS) is 10.3. The molecule has 1 rings (SSSR count). The molecule has 1 amide bonds. The van der Waals surface area contributed by atoms with Crippen molar-refractivity contribution in [2.45, 2.75) is 39.2 Å². The van der Waals surface area contributed by atoms with Gasteiger partial charge in [-0.2, -0.15) is 0 Å². The number of aromatic nitrogens is 1. The molecular formula is C14H20N2O4. The van der Waals surface area contributed by atoms with Crippen LogP contribution in [0.1, 0.15) is 43.6 Å². The number of ether oxygens (including phenoxy) is 1. The van der Waals surface area contributed by atoms with E-state index in [9.17, 15) is 9.59 Å². The highest BCUT2D eigenvalue weighted by Crippen LogP contribution is 2.16. The first-order valence-corrected chi connectivity index (χ1v) is 6.62. The minimum Gasteiger partial charge on any atom is -0.489 e. The first-order chi connectivity index (χ1) is 9.50. The van der Waals surface area contributed by atoms with Gasteiger partial charge in [-0.25, -0.2) is 4.98 Å². The van der Waals surface area contributed by atoms with Gasteiger partial charge < -0.3 is 15.2 Å². The molecule has 20 heavy (non-hydrogen) atoms. The van der Waals surface area contributed by atoms with Gasteiger partial charge in [0, 0.05) is 19.2 Å². The van der Waals surface area contributed by atoms with E-state index in [0.717, 1.165) is 0 Å². The van der Waals surface area contributed by atoms with Crippen LogP contribution >= 0.6 is 0 Å². The molecule has 0 radical (unpaired) electrons. The van der Waals surface area contributed by atoms with Crippen LogP contribution in [0.25, 0.3) is 0 Å². The van der Waals surface area contributed by atoms with Crippen molar-refractivity contribution in [3.8, 4) is 5.75 Å². The summed E-state index contributed by atoms with van der Waals surface area (Å²) in [4.78, 5) is 26.4. The second-order valence-electron chi connectivity index (χ2n) is 4.62. The molecule has 6 heteroatoms. The van der Waals surface area contributed by atoms with E-state index in [4.69, 9.17) is 9.84 Å². The minimum absolute atomic E-state index is 0.0404. The molecule has 0 atom stereocenters. The molecule has 2 N–H and O–H groups in total. The average Bonchev–Trinajstić information content (AvgIpc) is 2.37. The number of hydrogen-bond acceptors (Lipinski definition) is 4. The molecule has 110 valence electrons.